The van der Waals surface area contributed by atoms with Gasteiger partial charge in [-0.3, -0.25) is 9.59 Å². The van der Waals surface area contributed by atoms with E-state index in [1.54, 1.807) is 4.68 Å². The molecule has 2 amide bonds. The zero-order chi connectivity index (χ0) is 21.1. The van der Waals surface area contributed by atoms with Crippen molar-refractivity contribution < 1.29 is 9.59 Å². The number of nitrogens with zero attached hydrogens (tertiary/aromatic N) is 2. The van der Waals surface area contributed by atoms with Gasteiger partial charge >= 0.3 is 0 Å². The third kappa shape index (κ3) is 5.68. The first-order chi connectivity index (χ1) is 12.9. The van der Waals surface area contributed by atoms with Crippen LogP contribution in [-0.2, 0) is 15.7 Å². The summed E-state index contributed by atoms with van der Waals surface area (Å²) in [7, 11) is 0. The highest BCUT2D eigenvalue weighted by Crippen LogP contribution is 2.22. The number of benzene rings is 1. The fraction of sp³-hybridized carbons (Fsp3) is 0.500. The number of hydrogen-bond acceptors (Lipinski definition) is 3. The molecule has 1 aromatic heterocycles. The van der Waals surface area contributed by atoms with Crippen molar-refractivity contribution in [2.45, 2.75) is 65.8 Å². The molecule has 2 aromatic rings. The van der Waals surface area contributed by atoms with Gasteiger partial charge in [0.1, 0.15) is 5.82 Å². The first kappa shape index (κ1) is 21.7. The molecule has 28 heavy (non-hydrogen) atoms. The van der Waals surface area contributed by atoms with Gasteiger partial charge in [-0.05, 0) is 50.8 Å². The second kappa shape index (κ2) is 8.17. The Hall–Kier alpha value is -2.63. The van der Waals surface area contributed by atoms with Gasteiger partial charge in [-0.2, -0.15) is 5.10 Å². The Morgan fingerprint density at radius 2 is 1.64 bits per heavy atom. The third-order valence-corrected chi connectivity index (χ3v) is 4.39. The lowest BCUT2D eigenvalue weighted by molar-refractivity contribution is -0.116. The van der Waals surface area contributed by atoms with Crippen molar-refractivity contribution in [3.63, 3.8) is 0 Å². The number of carbonyl (C=O) groups is 2. The van der Waals surface area contributed by atoms with Gasteiger partial charge in [0.05, 0.1) is 11.2 Å². The van der Waals surface area contributed by atoms with Crippen LogP contribution in [0.5, 0.6) is 0 Å². The molecule has 0 aliphatic heterocycles. The summed E-state index contributed by atoms with van der Waals surface area (Å²) < 4.78 is 1.80. The maximum Gasteiger partial charge on any atom is 0.251 e. The molecule has 0 radical (unpaired) electrons. The molecule has 0 spiro atoms. The normalized spacial score (nSPS) is 12.0. The van der Waals surface area contributed by atoms with E-state index in [1.165, 1.54) is 5.56 Å². The number of carbonyl (C=O) groups excluding carboxylic acids is 2. The fourth-order valence-corrected chi connectivity index (χ4v) is 2.82. The van der Waals surface area contributed by atoms with Crippen molar-refractivity contribution in [3.05, 3.63) is 47.2 Å². The molecule has 0 bridgehead atoms. The second-order valence-corrected chi connectivity index (χ2v) is 9.14. The summed E-state index contributed by atoms with van der Waals surface area (Å²) in [5, 5.41) is 10.1. The van der Waals surface area contributed by atoms with Crippen molar-refractivity contribution in [1.29, 1.82) is 0 Å². The maximum atomic E-state index is 12.3. The standard InChI is InChI=1S/C22H32N4O2/c1-15-14-18(26(25-15)22(5,6)7)24-19(27)12-13-23-20(28)16-8-10-17(11-9-16)21(2,3)4/h8-11,14H,12-13H2,1-7H3,(H,23,28)(H,24,27). The molecule has 0 aliphatic rings. The van der Waals surface area contributed by atoms with E-state index in [4.69, 9.17) is 0 Å². The number of nitrogens with one attached hydrogen (secondary N) is 2. The van der Waals surface area contributed by atoms with Crippen molar-refractivity contribution >= 4 is 17.6 Å². The Bertz CT molecular complexity index is 837. The van der Waals surface area contributed by atoms with Crippen LogP contribution in [0.2, 0.25) is 0 Å². The molecule has 0 saturated carbocycles. The number of aromatic nitrogens is 2. The van der Waals surface area contributed by atoms with Crippen LogP contribution >= 0.6 is 0 Å². The van der Waals surface area contributed by atoms with Crippen LogP contribution in [0.25, 0.3) is 0 Å². The van der Waals surface area contributed by atoms with Gasteiger partial charge in [0, 0.05) is 24.6 Å². The SMILES string of the molecule is Cc1cc(NC(=O)CCNC(=O)c2ccc(C(C)(C)C)cc2)n(C(C)(C)C)n1. The van der Waals surface area contributed by atoms with Crippen molar-refractivity contribution in [1.82, 2.24) is 15.1 Å². The largest absolute Gasteiger partial charge is 0.352 e. The molecule has 2 rings (SSSR count). The summed E-state index contributed by atoms with van der Waals surface area (Å²) in [6, 6.07) is 9.43. The molecule has 0 saturated heterocycles. The average Bonchev–Trinajstić information content (AvgIpc) is 2.94. The quantitative estimate of drug-likeness (QED) is 0.818. The van der Waals surface area contributed by atoms with Gasteiger partial charge in [-0.25, -0.2) is 4.68 Å². The Labute approximate surface area is 167 Å². The third-order valence-electron chi connectivity index (χ3n) is 4.39. The number of aryl methyl sites for hydroxylation is 1. The Kier molecular flexibility index (Phi) is 6.32. The molecule has 1 aromatic carbocycles. The molecule has 152 valence electrons. The van der Waals surface area contributed by atoms with Crippen LogP contribution in [0, 0.1) is 6.92 Å². The van der Waals surface area contributed by atoms with Crippen LogP contribution in [0.1, 0.15) is 69.6 Å². The number of anilines is 1. The van der Waals surface area contributed by atoms with Crippen LogP contribution < -0.4 is 10.6 Å². The minimum absolute atomic E-state index is 0.0467. The molecular formula is C22H32N4O2. The van der Waals surface area contributed by atoms with Gasteiger partial charge < -0.3 is 10.6 Å². The van der Waals surface area contributed by atoms with E-state index in [0.717, 1.165) is 5.69 Å². The Balaban J connectivity index is 1.88. The monoisotopic (exact) mass is 384 g/mol. The topological polar surface area (TPSA) is 76.0 Å². The number of hydrogen-bond donors (Lipinski definition) is 2. The molecule has 0 atom stereocenters. The lowest BCUT2D eigenvalue weighted by Crippen LogP contribution is -2.30. The maximum absolute atomic E-state index is 12.3. The summed E-state index contributed by atoms with van der Waals surface area (Å²) in [6.07, 6.45) is 0.195. The highest BCUT2D eigenvalue weighted by atomic mass is 16.2. The first-order valence-corrected chi connectivity index (χ1v) is 9.63. The summed E-state index contributed by atoms with van der Waals surface area (Å²) in [6.45, 7) is 14.6. The van der Waals surface area contributed by atoms with Crippen LogP contribution in [0.3, 0.4) is 0 Å². The first-order valence-electron chi connectivity index (χ1n) is 9.63. The minimum Gasteiger partial charge on any atom is -0.352 e. The lowest BCUT2D eigenvalue weighted by atomic mass is 9.87. The zero-order valence-corrected chi connectivity index (χ0v) is 18.0. The van der Waals surface area contributed by atoms with Gasteiger partial charge in [0.15, 0.2) is 0 Å². The number of amides is 2. The smallest absolute Gasteiger partial charge is 0.251 e. The van der Waals surface area contributed by atoms with Crippen molar-refractivity contribution in [2.75, 3.05) is 11.9 Å². The van der Waals surface area contributed by atoms with E-state index in [2.05, 4.69) is 36.5 Å². The highest BCUT2D eigenvalue weighted by Gasteiger charge is 2.20. The zero-order valence-electron chi connectivity index (χ0n) is 18.0. The highest BCUT2D eigenvalue weighted by molar-refractivity contribution is 5.95. The van der Waals surface area contributed by atoms with Crippen molar-refractivity contribution in [2.24, 2.45) is 0 Å². The minimum atomic E-state index is -0.232. The Morgan fingerprint density at radius 3 is 2.18 bits per heavy atom. The van der Waals surface area contributed by atoms with Gasteiger partial charge in [0.2, 0.25) is 5.91 Å². The van der Waals surface area contributed by atoms with Crippen LogP contribution in [0.4, 0.5) is 5.82 Å². The Morgan fingerprint density at radius 1 is 1.04 bits per heavy atom. The van der Waals surface area contributed by atoms with E-state index in [0.29, 0.717) is 11.4 Å². The molecule has 1 heterocycles. The van der Waals surface area contributed by atoms with Crippen molar-refractivity contribution in [3.8, 4) is 0 Å². The van der Waals surface area contributed by atoms with E-state index in [9.17, 15) is 9.59 Å². The van der Waals surface area contributed by atoms with Crippen LogP contribution in [0.15, 0.2) is 30.3 Å². The summed E-state index contributed by atoms with van der Waals surface area (Å²) in [4.78, 5) is 24.5. The number of rotatable bonds is 5. The van der Waals surface area contributed by atoms with E-state index >= 15 is 0 Å². The molecule has 0 fully saturated rings. The molecule has 2 N–H and O–H groups in total. The second-order valence-electron chi connectivity index (χ2n) is 9.14. The lowest BCUT2D eigenvalue weighted by Gasteiger charge is -2.22. The molecule has 0 unspecified atom stereocenters. The van der Waals surface area contributed by atoms with E-state index in [1.807, 2.05) is 58.0 Å². The van der Waals surface area contributed by atoms with Gasteiger partial charge in [-0.15, -0.1) is 0 Å². The molecule has 6 heteroatoms. The molecule has 6 nitrogen and oxygen atoms in total. The van der Waals surface area contributed by atoms with E-state index < -0.39 is 0 Å². The average molecular weight is 385 g/mol. The fourth-order valence-electron chi connectivity index (χ4n) is 2.82. The predicted octanol–water partition coefficient (Wildman–Crippen LogP) is 4.00. The predicted molar refractivity (Wildman–Crippen MR) is 113 cm³/mol. The van der Waals surface area contributed by atoms with Crippen LogP contribution in [-0.4, -0.2) is 28.1 Å². The summed E-state index contributed by atoms with van der Waals surface area (Å²) >= 11 is 0. The molecule has 0 aliphatic carbocycles. The van der Waals surface area contributed by atoms with Gasteiger partial charge in [-0.1, -0.05) is 32.9 Å². The summed E-state index contributed by atoms with van der Waals surface area (Å²) in [5.41, 5.74) is 2.43. The van der Waals surface area contributed by atoms with Gasteiger partial charge in [0.25, 0.3) is 5.91 Å². The summed E-state index contributed by atoms with van der Waals surface area (Å²) in [5.74, 6) is 0.330. The van der Waals surface area contributed by atoms with E-state index in [-0.39, 0.29) is 35.7 Å². The molecular weight excluding hydrogens is 352 g/mol.